The minimum absolute atomic E-state index is 0.0539. The fourth-order valence-corrected chi connectivity index (χ4v) is 2.62. The van der Waals surface area contributed by atoms with Crippen LogP contribution in [0.2, 0.25) is 0 Å². The molecule has 0 atom stereocenters. The average Bonchev–Trinajstić information content (AvgIpc) is 3.03. The third-order valence-corrected chi connectivity index (χ3v) is 3.70. The van der Waals surface area contributed by atoms with Crippen molar-refractivity contribution in [3.05, 3.63) is 71.9 Å². The number of rotatable bonds is 5. The van der Waals surface area contributed by atoms with E-state index in [2.05, 4.69) is 4.98 Å². The van der Waals surface area contributed by atoms with Crippen LogP contribution in [-0.4, -0.2) is 34.0 Å². The molecule has 112 valence electrons. The van der Waals surface area contributed by atoms with Crippen LogP contribution in [0.5, 0.6) is 0 Å². The van der Waals surface area contributed by atoms with Crippen LogP contribution < -0.4 is 0 Å². The predicted octanol–water partition coefficient (Wildman–Crippen LogP) is 2.80. The van der Waals surface area contributed by atoms with Crippen LogP contribution in [0.4, 0.5) is 0 Å². The highest BCUT2D eigenvalue weighted by Crippen LogP contribution is 2.20. The highest BCUT2D eigenvalue weighted by Gasteiger charge is 2.18. The number of nitrogens with one attached hydrogen (secondary N) is 1. The molecule has 3 rings (SSSR count). The Morgan fingerprint density at radius 2 is 1.86 bits per heavy atom. The number of hydrogen-bond donors (Lipinski definition) is 2. The molecule has 0 saturated carbocycles. The molecule has 0 aliphatic carbocycles. The number of aliphatic hydroxyl groups is 1. The summed E-state index contributed by atoms with van der Waals surface area (Å²) in [7, 11) is 0. The minimum Gasteiger partial charge on any atom is -0.395 e. The molecule has 3 aromatic rings. The first-order valence-corrected chi connectivity index (χ1v) is 7.30. The average molecular weight is 294 g/mol. The van der Waals surface area contributed by atoms with Gasteiger partial charge < -0.3 is 15.0 Å². The van der Waals surface area contributed by atoms with Crippen molar-refractivity contribution in [2.45, 2.75) is 6.54 Å². The molecule has 0 radical (unpaired) electrons. The van der Waals surface area contributed by atoms with E-state index in [0.717, 1.165) is 16.5 Å². The quantitative estimate of drug-likeness (QED) is 0.760. The number of amides is 1. The van der Waals surface area contributed by atoms with Crippen LogP contribution in [0.25, 0.3) is 10.9 Å². The molecule has 0 bridgehead atoms. The van der Waals surface area contributed by atoms with E-state index < -0.39 is 0 Å². The minimum atomic E-state index is -0.0666. The van der Waals surface area contributed by atoms with Gasteiger partial charge in [-0.25, -0.2) is 0 Å². The van der Waals surface area contributed by atoms with Gasteiger partial charge >= 0.3 is 0 Å². The molecular weight excluding hydrogens is 276 g/mol. The number of carbonyl (C=O) groups is 1. The van der Waals surface area contributed by atoms with Crippen LogP contribution in [0.1, 0.15) is 15.9 Å². The van der Waals surface area contributed by atoms with Crippen molar-refractivity contribution >= 4 is 16.8 Å². The van der Waals surface area contributed by atoms with Gasteiger partial charge in [-0.2, -0.15) is 0 Å². The van der Waals surface area contributed by atoms with Crippen LogP contribution in [0.15, 0.2) is 60.8 Å². The van der Waals surface area contributed by atoms with Crippen LogP contribution >= 0.6 is 0 Å². The van der Waals surface area contributed by atoms with Crippen LogP contribution in [-0.2, 0) is 6.54 Å². The fourth-order valence-electron chi connectivity index (χ4n) is 2.62. The second kappa shape index (κ2) is 6.45. The van der Waals surface area contributed by atoms with Gasteiger partial charge in [-0.15, -0.1) is 0 Å². The van der Waals surface area contributed by atoms with Crippen molar-refractivity contribution in [2.75, 3.05) is 13.2 Å². The largest absolute Gasteiger partial charge is 0.395 e. The lowest BCUT2D eigenvalue weighted by Gasteiger charge is -2.22. The molecule has 0 spiro atoms. The Labute approximate surface area is 129 Å². The van der Waals surface area contributed by atoms with Gasteiger partial charge in [0.2, 0.25) is 0 Å². The van der Waals surface area contributed by atoms with Gasteiger partial charge in [0.05, 0.1) is 6.61 Å². The van der Waals surface area contributed by atoms with E-state index in [-0.39, 0.29) is 12.5 Å². The van der Waals surface area contributed by atoms with Crippen molar-refractivity contribution in [2.24, 2.45) is 0 Å². The molecule has 2 N–H and O–H groups in total. The standard InChI is InChI=1S/C18H18N2O2/c21-12-11-20(13-14-5-2-1-3-6-14)18(22)16-7-4-8-17-15(16)9-10-19-17/h1-10,19,21H,11-13H2. The van der Waals surface area contributed by atoms with Crippen molar-refractivity contribution in [3.63, 3.8) is 0 Å². The topological polar surface area (TPSA) is 56.3 Å². The Balaban J connectivity index is 1.91. The first kappa shape index (κ1) is 14.4. The van der Waals surface area contributed by atoms with Gasteiger partial charge in [-0.3, -0.25) is 4.79 Å². The summed E-state index contributed by atoms with van der Waals surface area (Å²) in [5, 5.41) is 10.2. The van der Waals surface area contributed by atoms with Gasteiger partial charge in [0.15, 0.2) is 0 Å². The highest BCUT2D eigenvalue weighted by molar-refractivity contribution is 6.06. The van der Waals surface area contributed by atoms with E-state index in [1.165, 1.54) is 0 Å². The monoisotopic (exact) mass is 294 g/mol. The number of aliphatic hydroxyl groups excluding tert-OH is 1. The maximum Gasteiger partial charge on any atom is 0.254 e. The fraction of sp³-hybridized carbons (Fsp3) is 0.167. The number of benzene rings is 2. The predicted molar refractivity (Wildman–Crippen MR) is 86.6 cm³/mol. The SMILES string of the molecule is O=C(c1cccc2[nH]ccc12)N(CCO)Cc1ccccc1. The number of carbonyl (C=O) groups excluding carboxylic acids is 1. The summed E-state index contributed by atoms with van der Waals surface area (Å²) in [6.07, 6.45) is 1.83. The molecule has 4 nitrogen and oxygen atoms in total. The molecule has 0 aliphatic rings. The summed E-state index contributed by atoms with van der Waals surface area (Å²) < 4.78 is 0. The van der Waals surface area contributed by atoms with Crippen molar-refractivity contribution in [1.29, 1.82) is 0 Å². The number of aromatic nitrogens is 1. The highest BCUT2D eigenvalue weighted by atomic mass is 16.3. The number of nitrogens with zero attached hydrogens (tertiary/aromatic N) is 1. The van der Waals surface area contributed by atoms with Crippen molar-refractivity contribution < 1.29 is 9.90 Å². The second-order valence-corrected chi connectivity index (χ2v) is 5.18. The Morgan fingerprint density at radius 1 is 1.05 bits per heavy atom. The lowest BCUT2D eigenvalue weighted by molar-refractivity contribution is 0.0710. The summed E-state index contributed by atoms with van der Waals surface area (Å²) in [6.45, 7) is 0.747. The van der Waals surface area contributed by atoms with E-state index in [0.29, 0.717) is 18.7 Å². The molecule has 1 heterocycles. The summed E-state index contributed by atoms with van der Waals surface area (Å²) >= 11 is 0. The number of fused-ring (bicyclic) bond motifs is 1. The summed E-state index contributed by atoms with van der Waals surface area (Å²) in [6, 6.07) is 17.3. The second-order valence-electron chi connectivity index (χ2n) is 5.18. The normalized spacial score (nSPS) is 10.8. The van der Waals surface area contributed by atoms with E-state index in [9.17, 15) is 9.90 Å². The molecule has 2 aromatic carbocycles. The van der Waals surface area contributed by atoms with Crippen molar-refractivity contribution in [1.82, 2.24) is 9.88 Å². The third kappa shape index (κ3) is 2.87. The molecule has 0 aliphatic heterocycles. The van der Waals surface area contributed by atoms with Crippen LogP contribution in [0.3, 0.4) is 0 Å². The summed E-state index contributed by atoms with van der Waals surface area (Å²) in [4.78, 5) is 17.6. The van der Waals surface area contributed by atoms with Crippen molar-refractivity contribution in [3.8, 4) is 0 Å². The zero-order valence-corrected chi connectivity index (χ0v) is 12.2. The molecule has 4 heteroatoms. The first-order valence-electron chi connectivity index (χ1n) is 7.30. The van der Waals surface area contributed by atoms with Gasteiger partial charge in [-0.1, -0.05) is 36.4 Å². The maximum atomic E-state index is 12.9. The lowest BCUT2D eigenvalue weighted by atomic mass is 10.1. The molecule has 0 fully saturated rings. The zero-order chi connectivity index (χ0) is 15.4. The number of H-pyrrole nitrogens is 1. The van der Waals surface area contributed by atoms with Gasteiger partial charge in [-0.05, 0) is 23.8 Å². The Bertz CT molecular complexity index is 765. The van der Waals surface area contributed by atoms with E-state index in [1.54, 1.807) is 4.90 Å². The first-order chi connectivity index (χ1) is 10.8. The van der Waals surface area contributed by atoms with Gasteiger partial charge in [0, 0.05) is 35.8 Å². The molecule has 0 saturated heterocycles. The van der Waals surface area contributed by atoms with Gasteiger partial charge in [0.1, 0.15) is 0 Å². The summed E-state index contributed by atoms with van der Waals surface area (Å²) in [5.74, 6) is -0.0666. The number of aromatic amines is 1. The van der Waals surface area contributed by atoms with Gasteiger partial charge in [0.25, 0.3) is 5.91 Å². The van der Waals surface area contributed by atoms with E-state index in [4.69, 9.17) is 0 Å². The smallest absolute Gasteiger partial charge is 0.254 e. The molecule has 22 heavy (non-hydrogen) atoms. The number of hydrogen-bond acceptors (Lipinski definition) is 2. The molecule has 1 amide bonds. The Hall–Kier alpha value is -2.59. The molecule has 1 aromatic heterocycles. The Morgan fingerprint density at radius 3 is 2.64 bits per heavy atom. The van der Waals surface area contributed by atoms with E-state index >= 15 is 0 Å². The summed E-state index contributed by atoms with van der Waals surface area (Å²) in [5.41, 5.74) is 2.64. The lowest BCUT2D eigenvalue weighted by Crippen LogP contribution is -2.33. The molecular formula is C18H18N2O2. The zero-order valence-electron chi connectivity index (χ0n) is 12.2. The maximum absolute atomic E-state index is 12.9. The van der Waals surface area contributed by atoms with E-state index in [1.807, 2.05) is 60.8 Å². The molecule has 0 unspecified atom stereocenters. The third-order valence-electron chi connectivity index (χ3n) is 3.70. The van der Waals surface area contributed by atoms with Crippen LogP contribution in [0, 0.1) is 0 Å². The Kier molecular flexibility index (Phi) is 4.21.